The molecule has 3 amide bonds. The monoisotopic (exact) mass is 438 g/mol. The molecule has 0 aromatic heterocycles. The van der Waals surface area contributed by atoms with Gasteiger partial charge in [0.05, 0.1) is 5.69 Å². The van der Waals surface area contributed by atoms with Crippen molar-refractivity contribution in [2.24, 2.45) is 0 Å². The van der Waals surface area contributed by atoms with Crippen molar-refractivity contribution in [3.05, 3.63) is 65.5 Å². The largest absolute Gasteiger partial charge is 0.366 e. The molecule has 7 nitrogen and oxygen atoms in total. The molecule has 2 saturated heterocycles. The molecule has 2 fully saturated rings. The molecule has 2 aliphatic rings. The second kappa shape index (κ2) is 9.38. The molecule has 2 aromatic rings. The first-order chi connectivity index (χ1) is 15.4. The molecular weight excluding hydrogens is 411 g/mol. The smallest absolute Gasteiger partial charge is 0.312 e. The SMILES string of the molecule is Cc1ccc(CN2CCN(CC(=O)N3CCN(c4ccccc4F)CC3)C(=O)C2=O)cc1. The highest BCUT2D eigenvalue weighted by Gasteiger charge is 2.34. The zero-order valence-corrected chi connectivity index (χ0v) is 18.2. The average molecular weight is 439 g/mol. The number of anilines is 1. The lowest BCUT2D eigenvalue weighted by molar-refractivity contribution is -0.158. The standard InChI is InChI=1S/C24H27FN4O3/c1-18-6-8-19(9-7-18)16-28-14-15-29(24(32)23(28)31)17-22(30)27-12-10-26(11-13-27)21-5-3-2-4-20(21)25/h2-9H,10-17H2,1H3. The molecule has 2 aliphatic heterocycles. The number of hydrogen-bond acceptors (Lipinski definition) is 4. The predicted octanol–water partition coefficient (Wildman–Crippen LogP) is 1.65. The van der Waals surface area contributed by atoms with Gasteiger partial charge < -0.3 is 19.6 Å². The number of benzene rings is 2. The van der Waals surface area contributed by atoms with E-state index in [4.69, 9.17) is 0 Å². The Morgan fingerprint density at radius 3 is 2.16 bits per heavy atom. The van der Waals surface area contributed by atoms with Gasteiger partial charge in [-0.2, -0.15) is 0 Å². The van der Waals surface area contributed by atoms with Crippen molar-refractivity contribution in [1.29, 1.82) is 0 Å². The van der Waals surface area contributed by atoms with Gasteiger partial charge in [0.2, 0.25) is 5.91 Å². The van der Waals surface area contributed by atoms with Gasteiger partial charge in [-0.1, -0.05) is 42.0 Å². The molecule has 4 rings (SSSR count). The first kappa shape index (κ1) is 21.8. The first-order valence-electron chi connectivity index (χ1n) is 10.8. The molecule has 2 heterocycles. The van der Waals surface area contributed by atoms with Gasteiger partial charge in [0, 0.05) is 45.8 Å². The van der Waals surface area contributed by atoms with Crippen molar-refractivity contribution in [3.63, 3.8) is 0 Å². The van der Waals surface area contributed by atoms with Crippen molar-refractivity contribution >= 4 is 23.4 Å². The summed E-state index contributed by atoms with van der Waals surface area (Å²) in [5, 5.41) is 0. The Morgan fingerprint density at radius 2 is 1.47 bits per heavy atom. The van der Waals surface area contributed by atoms with E-state index < -0.39 is 11.8 Å². The molecular formula is C24H27FN4O3. The van der Waals surface area contributed by atoms with E-state index in [0.717, 1.165) is 11.1 Å². The molecule has 0 spiro atoms. The van der Waals surface area contributed by atoms with E-state index in [0.29, 0.717) is 51.5 Å². The summed E-state index contributed by atoms with van der Waals surface area (Å²) < 4.78 is 14.0. The molecule has 0 N–H and O–H groups in total. The van der Waals surface area contributed by atoms with Crippen LogP contribution in [0.15, 0.2) is 48.5 Å². The molecule has 0 bridgehead atoms. The van der Waals surface area contributed by atoms with E-state index in [2.05, 4.69) is 0 Å². The highest BCUT2D eigenvalue weighted by Crippen LogP contribution is 2.20. The molecule has 8 heteroatoms. The maximum atomic E-state index is 14.0. The zero-order valence-electron chi connectivity index (χ0n) is 18.2. The predicted molar refractivity (Wildman–Crippen MR) is 118 cm³/mol. The Hall–Kier alpha value is -3.42. The lowest BCUT2D eigenvalue weighted by atomic mass is 10.1. The Kier molecular flexibility index (Phi) is 6.39. The lowest BCUT2D eigenvalue weighted by Crippen LogP contribution is -2.57. The van der Waals surface area contributed by atoms with Crippen LogP contribution in [0.25, 0.3) is 0 Å². The number of nitrogens with zero attached hydrogens (tertiary/aromatic N) is 4. The van der Waals surface area contributed by atoms with Crippen LogP contribution in [-0.2, 0) is 20.9 Å². The van der Waals surface area contributed by atoms with Gasteiger partial charge in [0.15, 0.2) is 0 Å². The van der Waals surface area contributed by atoms with Crippen LogP contribution in [0, 0.1) is 12.7 Å². The molecule has 0 radical (unpaired) electrons. The normalized spacial score (nSPS) is 17.2. The van der Waals surface area contributed by atoms with Crippen LogP contribution in [0.5, 0.6) is 0 Å². The summed E-state index contributed by atoms with van der Waals surface area (Å²) in [6.07, 6.45) is 0. The fourth-order valence-electron chi connectivity index (χ4n) is 4.10. The van der Waals surface area contributed by atoms with E-state index in [1.165, 1.54) is 15.9 Å². The van der Waals surface area contributed by atoms with Gasteiger partial charge in [-0.25, -0.2) is 4.39 Å². The van der Waals surface area contributed by atoms with Crippen molar-refractivity contribution in [2.75, 3.05) is 50.7 Å². The van der Waals surface area contributed by atoms with Crippen molar-refractivity contribution < 1.29 is 18.8 Å². The summed E-state index contributed by atoms with van der Waals surface area (Å²) in [4.78, 5) is 44.3. The molecule has 0 aliphatic carbocycles. The Morgan fingerprint density at radius 1 is 0.844 bits per heavy atom. The van der Waals surface area contributed by atoms with Crippen LogP contribution in [0.4, 0.5) is 10.1 Å². The number of carbonyl (C=O) groups excluding carboxylic acids is 3. The second-order valence-corrected chi connectivity index (χ2v) is 8.26. The van der Waals surface area contributed by atoms with E-state index >= 15 is 0 Å². The molecule has 0 atom stereocenters. The Balaban J connectivity index is 1.29. The summed E-state index contributed by atoms with van der Waals surface area (Å²) in [6, 6.07) is 14.4. The van der Waals surface area contributed by atoms with Gasteiger partial charge >= 0.3 is 11.8 Å². The fraction of sp³-hybridized carbons (Fsp3) is 0.375. The van der Waals surface area contributed by atoms with E-state index in [-0.39, 0.29) is 18.3 Å². The number of para-hydroxylation sites is 1. The molecule has 168 valence electrons. The van der Waals surface area contributed by atoms with Crippen LogP contribution in [-0.4, -0.2) is 78.2 Å². The third-order valence-corrected chi connectivity index (χ3v) is 6.04. The van der Waals surface area contributed by atoms with E-state index in [1.807, 2.05) is 36.1 Å². The quantitative estimate of drug-likeness (QED) is 0.666. The molecule has 0 unspecified atom stereocenters. The van der Waals surface area contributed by atoms with E-state index in [1.54, 1.807) is 23.1 Å². The van der Waals surface area contributed by atoms with Crippen LogP contribution in [0.1, 0.15) is 11.1 Å². The number of aryl methyl sites for hydroxylation is 1. The maximum Gasteiger partial charge on any atom is 0.312 e. The summed E-state index contributed by atoms with van der Waals surface area (Å²) in [7, 11) is 0. The summed E-state index contributed by atoms with van der Waals surface area (Å²) in [6.45, 7) is 4.92. The number of halogens is 1. The number of hydrogen-bond donors (Lipinski definition) is 0. The third kappa shape index (κ3) is 4.74. The van der Waals surface area contributed by atoms with Crippen LogP contribution in [0.3, 0.4) is 0 Å². The van der Waals surface area contributed by atoms with Crippen LogP contribution in [0.2, 0.25) is 0 Å². The van der Waals surface area contributed by atoms with Crippen molar-refractivity contribution in [2.45, 2.75) is 13.5 Å². The average Bonchev–Trinajstić information content (AvgIpc) is 2.80. The number of amides is 3. The van der Waals surface area contributed by atoms with Gasteiger partial charge in [-0.3, -0.25) is 14.4 Å². The van der Waals surface area contributed by atoms with E-state index in [9.17, 15) is 18.8 Å². The van der Waals surface area contributed by atoms with Crippen molar-refractivity contribution in [1.82, 2.24) is 14.7 Å². The fourth-order valence-corrected chi connectivity index (χ4v) is 4.10. The highest BCUT2D eigenvalue weighted by atomic mass is 19.1. The van der Waals surface area contributed by atoms with Crippen LogP contribution >= 0.6 is 0 Å². The molecule has 2 aromatic carbocycles. The lowest BCUT2D eigenvalue weighted by Gasteiger charge is -2.38. The number of rotatable bonds is 5. The minimum atomic E-state index is -0.637. The molecule has 0 saturated carbocycles. The molecule has 32 heavy (non-hydrogen) atoms. The summed E-state index contributed by atoms with van der Waals surface area (Å²) in [5.74, 6) is -1.68. The minimum Gasteiger partial charge on any atom is -0.366 e. The zero-order chi connectivity index (χ0) is 22.7. The Labute approximate surface area is 187 Å². The summed E-state index contributed by atoms with van der Waals surface area (Å²) in [5.41, 5.74) is 2.63. The van der Waals surface area contributed by atoms with Gasteiger partial charge in [0.25, 0.3) is 0 Å². The summed E-state index contributed by atoms with van der Waals surface area (Å²) >= 11 is 0. The minimum absolute atomic E-state index is 0.108. The third-order valence-electron chi connectivity index (χ3n) is 6.04. The second-order valence-electron chi connectivity index (χ2n) is 8.26. The van der Waals surface area contributed by atoms with Gasteiger partial charge in [0.1, 0.15) is 12.4 Å². The highest BCUT2D eigenvalue weighted by molar-refractivity contribution is 6.35. The van der Waals surface area contributed by atoms with Gasteiger partial charge in [-0.15, -0.1) is 0 Å². The topological polar surface area (TPSA) is 64.2 Å². The van der Waals surface area contributed by atoms with Crippen molar-refractivity contribution in [3.8, 4) is 0 Å². The van der Waals surface area contributed by atoms with Crippen LogP contribution < -0.4 is 4.90 Å². The Bertz CT molecular complexity index is 1000. The number of carbonyl (C=O) groups is 3. The maximum absolute atomic E-state index is 14.0. The first-order valence-corrected chi connectivity index (χ1v) is 10.8. The van der Waals surface area contributed by atoms with Gasteiger partial charge in [-0.05, 0) is 24.6 Å². The number of piperazine rings is 2.